The van der Waals surface area contributed by atoms with Crippen LogP contribution in [0.5, 0.6) is 5.75 Å². The van der Waals surface area contributed by atoms with Crippen molar-refractivity contribution >= 4 is 15.9 Å². The zero-order chi connectivity index (χ0) is 17.6. The second-order valence-corrected chi connectivity index (χ2v) is 7.48. The Kier molecular flexibility index (Phi) is 6.59. The zero-order valence-electron chi connectivity index (χ0n) is 14.1. The highest BCUT2D eigenvalue weighted by Gasteiger charge is 2.22. The van der Waals surface area contributed by atoms with Gasteiger partial charge in [-0.3, -0.25) is 4.79 Å². The predicted octanol–water partition coefficient (Wildman–Crippen LogP) is 0.752. The van der Waals surface area contributed by atoms with E-state index < -0.39 is 10.0 Å². The second-order valence-electron chi connectivity index (χ2n) is 5.77. The molecule has 1 aliphatic rings. The summed E-state index contributed by atoms with van der Waals surface area (Å²) in [6.45, 7) is 3.54. The number of ether oxygens (including phenoxy) is 1. The number of benzene rings is 1. The average Bonchev–Trinajstić information content (AvgIpc) is 2.59. The van der Waals surface area contributed by atoms with Crippen LogP contribution >= 0.6 is 0 Å². The van der Waals surface area contributed by atoms with Crippen molar-refractivity contribution in [1.29, 1.82) is 0 Å². The molecular formula is C16H25N3O4S. The summed E-state index contributed by atoms with van der Waals surface area (Å²) in [5, 5.41) is 5.92. The van der Waals surface area contributed by atoms with Crippen LogP contribution in [0, 0.1) is 0 Å². The van der Waals surface area contributed by atoms with E-state index in [0.29, 0.717) is 24.3 Å². The van der Waals surface area contributed by atoms with E-state index in [2.05, 4.69) is 15.4 Å². The Balaban J connectivity index is 2.17. The lowest BCUT2D eigenvalue weighted by Gasteiger charge is -2.23. The van der Waals surface area contributed by atoms with Gasteiger partial charge in [0.25, 0.3) is 0 Å². The van der Waals surface area contributed by atoms with Gasteiger partial charge in [0, 0.05) is 31.1 Å². The van der Waals surface area contributed by atoms with Crippen LogP contribution in [0.2, 0.25) is 0 Å². The molecule has 1 aromatic carbocycles. The van der Waals surface area contributed by atoms with E-state index in [1.165, 1.54) is 13.2 Å². The summed E-state index contributed by atoms with van der Waals surface area (Å²) in [6, 6.07) is 4.57. The molecule has 1 atom stereocenters. The van der Waals surface area contributed by atoms with E-state index in [0.717, 1.165) is 19.4 Å². The van der Waals surface area contributed by atoms with Crippen LogP contribution in [0.1, 0.15) is 31.7 Å². The van der Waals surface area contributed by atoms with Gasteiger partial charge < -0.3 is 15.4 Å². The quantitative estimate of drug-likeness (QED) is 0.671. The molecule has 8 heteroatoms. The fourth-order valence-corrected chi connectivity index (χ4v) is 3.94. The largest absolute Gasteiger partial charge is 0.496 e. The molecule has 2 rings (SSSR count). The van der Waals surface area contributed by atoms with Gasteiger partial charge in [0.05, 0.1) is 12.0 Å². The molecule has 0 radical (unpaired) electrons. The molecule has 0 bridgehead atoms. The normalized spacial score (nSPS) is 18.2. The maximum atomic E-state index is 12.6. The molecule has 1 aliphatic heterocycles. The molecular weight excluding hydrogens is 330 g/mol. The number of amides is 1. The highest BCUT2D eigenvalue weighted by molar-refractivity contribution is 7.89. The first-order chi connectivity index (χ1) is 11.5. The third-order valence-electron chi connectivity index (χ3n) is 3.98. The van der Waals surface area contributed by atoms with Crippen molar-refractivity contribution < 1.29 is 17.9 Å². The fourth-order valence-electron chi connectivity index (χ4n) is 2.62. The molecule has 0 aromatic heterocycles. The van der Waals surface area contributed by atoms with Crippen LogP contribution in [-0.2, 0) is 21.4 Å². The number of hydrogen-bond acceptors (Lipinski definition) is 5. The zero-order valence-corrected chi connectivity index (χ0v) is 14.9. The highest BCUT2D eigenvalue weighted by atomic mass is 32.2. The summed E-state index contributed by atoms with van der Waals surface area (Å²) in [5.41, 5.74) is 0.629. The summed E-state index contributed by atoms with van der Waals surface area (Å²) in [5.74, 6) is 0.446. The smallest absolute Gasteiger partial charge is 0.240 e. The van der Waals surface area contributed by atoms with Gasteiger partial charge in [-0.05, 0) is 37.6 Å². The van der Waals surface area contributed by atoms with Gasteiger partial charge in [-0.1, -0.05) is 6.92 Å². The summed E-state index contributed by atoms with van der Waals surface area (Å²) < 4.78 is 33.1. The van der Waals surface area contributed by atoms with E-state index in [-0.39, 0.29) is 23.4 Å². The van der Waals surface area contributed by atoms with Crippen molar-refractivity contribution in [2.45, 2.75) is 43.7 Å². The Labute approximate surface area is 143 Å². The molecule has 24 heavy (non-hydrogen) atoms. The Hall–Kier alpha value is -1.64. The third kappa shape index (κ3) is 4.93. The van der Waals surface area contributed by atoms with Crippen LogP contribution in [0.3, 0.4) is 0 Å². The summed E-state index contributed by atoms with van der Waals surface area (Å²) in [7, 11) is -2.10. The number of piperidine rings is 1. The van der Waals surface area contributed by atoms with Gasteiger partial charge >= 0.3 is 0 Å². The first-order valence-electron chi connectivity index (χ1n) is 8.13. The molecule has 0 saturated carbocycles. The van der Waals surface area contributed by atoms with Crippen LogP contribution in [-0.4, -0.2) is 40.6 Å². The predicted molar refractivity (Wildman–Crippen MR) is 91.3 cm³/mol. The van der Waals surface area contributed by atoms with E-state index in [1.807, 2.05) is 0 Å². The van der Waals surface area contributed by atoms with Gasteiger partial charge in [-0.2, -0.15) is 0 Å². The molecule has 1 saturated heterocycles. The monoisotopic (exact) mass is 355 g/mol. The fraction of sp³-hybridized carbons (Fsp3) is 0.562. The molecule has 7 nitrogen and oxygen atoms in total. The molecule has 1 aromatic rings. The maximum absolute atomic E-state index is 12.6. The number of sulfonamides is 1. The van der Waals surface area contributed by atoms with Crippen LogP contribution in [0.15, 0.2) is 23.1 Å². The molecule has 3 N–H and O–H groups in total. The summed E-state index contributed by atoms with van der Waals surface area (Å²) in [6.07, 6.45) is 2.14. The summed E-state index contributed by atoms with van der Waals surface area (Å²) in [4.78, 5) is 11.6. The number of carbonyl (C=O) groups excluding carboxylic acids is 1. The number of methoxy groups -OCH3 is 1. The maximum Gasteiger partial charge on any atom is 0.240 e. The Morgan fingerprint density at radius 2 is 2.21 bits per heavy atom. The topological polar surface area (TPSA) is 96.5 Å². The van der Waals surface area contributed by atoms with E-state index in [9.17, 15) is 13.2 Å². The van der Waals surface area contributed by atoms with Gasteiger partial charge in [-0.25, -0.2) is 13.1 Å². The SMILES string of the molecule is CCC(=O)NCc1cc(S(=O)(=O)NC2CCCNC2)ccc1OC. The van der Waals surface area contributed by atoms with Crippen molar-refractivity contribution in [3.63, 3.8) is 0 Å². The van der Waals surface area contributed by atoms with E-state index >= 15 is 0 Å². The number of carbonyl (C=O) groups is 1. The number of hydrogen-bond donors (Lipinski definition) is 3. The molecule has 1 heterocycles. The second kappa shape index (κ2) is 8.46. The molecule has 1 unspecified atom stereocenters. The first-order valence-corrected chi connectivity index (χ1v) is 9.61. The van der Waals surface area contributed by atoms with Crippen LogP contribution in [0.25, 0.3) is 0 Å². The Bertz CT molecular complexity index is 670. The highest BCUT2D eigenvalue weighted by Crippen LogP contribution is 2.23. The van der Waals surface area contributed by atoms with Crippen molar-refractivity contribution in [2.24, 2.45) is 0 Å². The van der Waals surface area contributed by atoms with Crippen molar-refractivity contribution in [3.05, 3.63) is 23.8 Å². The first kappa shape index (κ1) is 18.7. The number of nitrogens with one attached hydrogen (secondary N) is 3. The van der Waals surface area contributed by atoms with Gasteiger partial charge in [-0.15, -0.1) is 0 Å². The molecule has 0 aliphatic carbocycles. The number of rotatable bonds is 7. The lowest BCUT2D eigenvalue weighted by Crippen LogP contribution is -2.45. The standard InChI is InChI=1S/C16H25N3O4S/c1-3-16(20)18-10-12-9-14(6-7-15(12)23-2)24(21,22)19-13-5-4-8-17-11-13/h6-7,9,13,17,19H,3-5,8,10-11H2,1-2H3,(H,18,20). The van der Waals surface area contributed by atoms with Crippen molar-refractivity contribution in [2.75, 3.05) is 20.2 Å². The van der Waals surface area contributed by atoms with Crippen molar-refractivity contribution in [1.82, 2.24) is 15.4 Å². The molecule has 1 fully saturated rings. The minimum absolute atomic E-state index is 0.100. The minimum atomic E-state index is -3.61. The molecule has 0 spiro atoms. The van der Waals surface area contributed by atoms with Gasteiger partial charge in [0.15, 0.2) is 0 Å². The van der Waals surface area contributed by atoms with E-state index in [4.69, 9.17) is 4.74 Å². The lowest BCUT2D eigenvalue weighted by molar-refractivity contribution is -0.120. The van der Waals surface area contributed by atoms with Crippen LogP contribution in [0.4, 0.5) is 0 Å². The van der Waals surface area contributed by atoms with Gasteiger partial charge in [0.2, 0.25) is 15.9 Å². The Morgan fingerprint density at radius 3 is 2.83 bits per heavy atom. The Morgan fingerprint density at radius 1 is 1.42 bits per heavy atom. The molecule has 134 valence electrons. The lowest BCUT2D eigenvalue weighted by atomic mass is 10.1. The average molecular weight is 355 g/mol. The van der Waals surface area contributed by atoms with Crippen LogP contribution < -0.4 is 20.1 Å². The third-order valence-corrected chi connectivity index (χ3v) is 5.50. The molecule has 1 amide bonds. The van der Waals surface area contributed by atoms with Crippen molar-refractivity contribution in [3.8, 4) is 5.75 Å². The van der Waals surface area contributed by atoms with Gasteiger partial charge in [0.1, 0.15) is 5.75 Å². The summed E-state index contributed by atoms with van der Waals surface area (Å²) >= 11 is 0. The van der Waals surface area contributed by atoms with E-state index in [1.54, 1.807) is 19.1 Å². The minimum Gasteiger partial charge on any atom is -0.496 e.